The second-order valence-electron chi connectivity index (χ2n) is 5.80. The van der Waals surface area contributed by atoms with E-state index in [4.69, 9.17) is 0 Å². The quantitative estimate of drug-likeness (QED) is 0.895. The van der Waals surface area contributed by atoms with Crippen molar-refractivity contribution in [3.05, 3.63) is 30.1 Å². The third kappa shape index (κ3) is 4.31. The Kier molecular flexibility index (Phi) is 4.53. The number of aryl methyl sites for hydroxylation is 1. The number of piperazine rings is 1. The van der Waals surface area contributed by atoms with E-state index in [2.05, 4.69) is 24.1 Å². The average Bonchev–Trinajstić information content (AvgIpc) is 2.38. The number of hydrogen-bond acceptors (Lipinski definition) is 3. The van der Waals surface area contributed by atoms with E-state index in [1.54, 1.807) is 6.20 Å². The van der Waals surface area contributed by atoms with Gasteiger partial charge in [-0.05, 0) is 38.8 Å². The molecule has 0 aliphatic carbocycles. The fourth-order valence-electron chi connectivity index (χ4n) is 2.48. The summed E-state index contributed by atoms with van der Waals surface area (Å²) in [5.74, 6) is 0.269. The molecular weight excluding hydrogens is 238 g/mol. The van der Waals surface area contributed by atoms with Gasteiger partial charge in [-0.25, -0.2) is 0 Å². The average molecular weight is 261 g/mol. The molecule has 0 spiro atoms. The van der Waals surface area contributed by atoms with Crippen molar-refractivity contribution in [2.75, 3.05) is 19.6 Å². The highest BCUT2D eigenvalue weighted by molar-refractivity contribution is 5.76. The van der Waals surface area contributed by atoms with Gasteiger partial charge in [0.15, 0.2) is 0 Å². The number of nitrogens with zero attached hydrogens (tertiary/aromatic N) is 2. The number of pyridine rings is 1. The lowest BCUT2D eigenvalue weighted by molar-refractivity contribution is -0.133. The van der Waals surface area contributed by atoms with Crippen molar-refractivity contribution in [1.82, 2.24) is 15.2 Å². The van der Waals surface area contributed by atoms with Gasteiger partial charge < -0.3 is 10.2 Å². The molecule has 1 aromatic rings. The molecule has 1 amide bonds. The summed E-state index contributed by atoms with van der Waals surface area (Å²) in [4.78, 5) is 18.4. The summed E-state index contributed by atoms with van der Waals surface area (Å²) in [6, 6.07) is 5.92. The van der Waals surface area contributed by atoms with Crippen LogP contribution in [0.15, 0.2) is 24.4 Å². The summed E-state index contributed by atoms with van der Waals surface area (Å²) in [5, 5.41) is 3.42. The molecule has 1 aromatic heterocycles. The molecule has 0 radical (unpaired) electrons. The minimum atomic E-state index is 0.0366. The third-order valence-electron chi connectivity index (χ3n) is 3.47. The van der Waals surface area contributed by atoms with Gasteiger partial charge in [0.1, 0.15) is 0 Å². The molecule has 0 saturated carbocycles. The van der Waals surface area contributed by atoms with E-state index in [0.717, 1.165) is 38.2 Å². The van der Waals surface area contributed by atoms with Gasteiger partial charge in [0.25, 0.3) is 0 Å². The normalized spacial score (nSPS) is 18.3. The minimum absolute atomic E-state index is 0.0366. The monoisotopic (exact) mass is 261 g/mol. The van der Waals surface area contributed by atoms with Gasteiger partial charge in [-0.2, -0.15) is 0 Å². The largest absolute Gasteiger partial charge is 0.340 e. The Labute approximate surface area is 115 Å². The number of carbonyl (C=O) groups is 1. The molecular formula is C15H23N3O. The van der Waals surface area contributed by atoms with Crippen molar-refractivity contribution >= 4 is 5.91 Å². The van der Waals surface area contributed by atoms with Crippen molar-refractivity contribution in [2.45, 2.75) is 38.6 Å². The van der Waals surface area contributed by atoms with Crippen molar-refractivity contribution in [3.63, 3.8) is 0 Å². The van der Waals surface area contributed by atoms with Gasteiger partial charge in [-0.3, -0.25) is 9.78 Å². The molecule has 0 unspecified atom stereocenters. The van der Waals surface area contributed by atoms with Crippen LogP contribution in [0.3, 0.4) is 0 Å². The predicted molar refractivity (Wildman–Crippen MR) is 75.8 cm³/mol. The first-order valence-corrected chi connectivity index (χ1v) is 6.99. The van der Waals surface area contributed by atoms with Gasteiger partial charge in [0.05, 0.1) is 0 Å². The number of amides is 1. The zero-order valence-electron chi connectivity index (χ0n) is 11.9. The Morgan fingerprint density at radius 1 is 1.47 bits per heavy atom. The lowest BCUT2D eigenvalue weighted by Crippen LogP contribution is -2.58. The molecule has 1 fully saturated rings. The van der Waals surface area contributed by atoms with Crippen LogP contribution in [-0.4, -0.2) is 41.0 Å². The van der Waals surface area contributed by atoms with Gasteiger partial charge >= 0.3 is 0 Å². The molecule has 2 heterocycles. The summed E-state index contributed by atoms with van der Waals surface area (Å²) >= 11 is 0. The van der Waals surface area contributed by atoms with Crippen LogP contribution in [0.25, 0.3) is 0 Å². The van der Waals surface area contributed by atoms with E-state index < -0.39 is 0 Å². The first-order valence-electron chi connectivity index (χ1n) is 6.99. The summed E-state index contributed by atoms with van der Waals surface area (Å²) in [6.45, 7) is 6.79. The summed E-state index contributed by atoms with van der Waals surface area (Å²) in [5.41, 5.74) is 1.10. The highest BCUT2D eigenvalue weighted by atomic mass is 16.2. The molecule has 19 heavy (non-hydrogen) atoms. The zero-order chi connectivity index (χ0) is 13.7. The highest BCUT2D eigenvalue weighted by Crippen LogP contribution is 2.12. The van der Waals surface area contributed by atoms with Gasteiger partial charge in [-0.1, -0.05) is 6.07 Å². The van der Waals surface area contributed by atoms with Crippen LogP contribution in [0.2, 0.25) is 0 Å². The fraction of sp³-hybridized carbons (Fsp3) is 0.600. The van der Waals surface area contributed by atoms with Crippen LogP contribution in [0.1, 0.15) is 32.4 Å². The predicted octanol–water partition coefficient (Wildman–Crippen LogP) is 1.61. The summed E-state index contributed by atoms with van der Waals surface area (Å²) in [7, 11) is 0. The first-order chi connectivity index (χ1) is 9.07. The van der Waals surface area contributed by atoms with Crippen LogP contribution < -0.4 is 5.32 Å². The van der Waals surface area contributed by atoms with Crippen LogP contribution in [0, 0.1) is 0 Å². The Morgan fingerprint density at radius 3 is 3.00 bits per heavy atom. The van der Waals surface area contributed by atoms with E-state index in [0.29, 0.717) is 6.42 Å². The molecule has 0 atom stereocenters. The zero-order valence-corrected chi connectivity index (χ0v) is 11.9. The number of aromatic nitrogens is 1. The second kappa shape index (κ2) is 6.15. The minimum Gasteiger partial charge on any atom is -0.340 e. The standard InChI is InChI=1S/C15H23N3O/c1-15(2)12-18(11-10-17-15)14(19)8-5-7-13-6-3-4-9-16-13/h3-4,6,9,17H,5,7-8,10-12H2,1-2H3. The van der Waals surface area contributed by atoms with Crippen molar-refractivity contribution < 1.29 is 4.79 Å². The lowest BCUT2D eigenvalue weighted by atomic mass is 10.0. The third-order valence-corrected chi connectivity index (χ3v) is 3.47. The van der Waals surface area contributed by atoms with Crippen LogP contribution in [0.5, 0.6) is 0 Å². The van der Waals surface area contributed by atoms with E-state index in [1.807, 2.05) is 23.1 Å². The molecule has 2 rings (SSSR count). The Morgan fingerprint density at radius 2 is 2.32 bits per heavy atom. The first kappa shape index (κ1) is 14.0. The number of hydrogen-bond donors (Lipinski definition) is 1. The number of rotatable bonds is 4. The van der Waals surface area contributed by atoms with Gasteiger partial charge in [0.2, 0.25) is 5.91 Å². The Hall–Kier alpha value is -1.42. The van der Waals surface area contributed by atoms with E-state index in [1.165, 1.54) is 0 Å². The van der Waals surface area contributed by atoms with E-state index in [-0.39, 0.29) is 11.4 Å². The molecule has 1 aliphatic rings. The number of nitrogens with one attached hydrogen (secondary N) is 1. The van der Waals surface area contributed by atoms with Crippen LogP contribution in [0.4, 0.5) is 0 Å². The van der Waals surface area contributed by atoms with E-state index in [9.17, 15) is 4.79 Å². The van der Waals surface area contributed by atoms with Crippen LogP contribution >= 0.6 is 0 Å². The number of carbonyl (C=O) groups excluding carboxylic acids is 1. The molecule has 4 nitrogen and oxygen atoms in total. The molecule has 0 aromatic carbocycles. The smallest absolute Gasteiger partial charge is 0.222 e. The maximum absolute atomic E-state index is 12.2. The lowest BCUT2D eigenvalue weighted by Gasteiger charge is -2.39. The SMILES string of the molecule is CC1(C)CN(C(=O)CCCc2ccccn2)CCN1. The second-order valence-corrected chi connectivity index (χ2v) is 5.80. The Balaban J connectivity index is 1.75. The van der Waals surface area contributed by atoms with Gasteiger partial charge in [0, 0.05) is 43.5 Å². The molecule has 1 aliphatic heterocycles. The van der Waals surface area contributed by atoms with Crippen molar-refractivity contribution in [3.8, 4) is 0 Å². The summed E-state index contributed by atoms with van der Waals surface area (Å²) < 4.78 is 0. The fourth-order valence-corrected chi connectivity index (χ4v) is 2.48. The van der Waals surface area contributed by atoms with E-state index >= 15 is 0 Å². The van der Waals surface area contributed by atoms with Crippen molar-refractivity contribution in [1.29, 1.82) is 0 Å². The molecule has 104 valence electrons. The van der Waals surface area contributed by atoms with Gasteiger partial charge in [-0.15, -0.1) is 0 Å². The maximum atomic E-state index is 12.2. The highest BCUT2D eigenvalue weighted by Gasteiger charge is 2.27. The maximum Gasteiger partial charge on any atom is 0.222 e. The van der Waals surface area contributed by atoms with Crippen LogP contribution in [-0.2, 0) is 11.2 Å². The molecule has 1 saturated heterocycles. The topological polar surface area (TPSA) is 45.2 Å². The molecule has 0 bridgehead atoms. The molecule has 1 N–H and O–H groups in total. The Bertz CT molecular complexity index is 417. The summed E-state index contributed by atoms with van der Waals surface area (Å²) in [6.07, 6.45) is 4.17. The van der Waals surface area contributed by atoms with Crippen molar-refractivity contribution in [2.24, 2.45) is 0 Å². The molecule has 4 heteroatoms.